The molecule has 0 radical (unpaired) electrons. The van der Waals surface area contributed by atoms with Gasteiger partial charge in [-0.25, -0.2) is 4.99 Å². The third-order valence-electron chi connectivity index (χ3n) is 6.70. The van der Waals surface area contributed by atoms with E-state index in [4.69, 9.17) is 10.7 Å². The van der Waals surface area contributed by atoms with Crippen LogP contribution in [-0.4, -0.2) is 30.1 Å². The number of amides is 1. The normalized spacial score (nSPS) is 21.5. The molecule has 0 unspecified atom stereocenters. The van der Waals surface area contributed by atoms with Gasteiger partial charge in [0.05, 0.1) is 11.4 Å². The predicted molar refractivity (Wildman–Crippen MR) is 129 cm³/mol. The third-order valence-corrected chi connectivity index (χ3v) is 6.70. The number of benzene rings is 2. The van der Waals surface area contributed by atoms with Crippen LogP contribution in [0.3, 0.4) is 0 Å². The summed E-state index contributed by atoms with van der Waals surface area (Å²) in [5.41, 5.74) is 7.74. The number of aliphatic imine (C=N–C) groups is 1. The minimum absolute atomic E-state index is 0.237. The Labute approximate surface area is 190 Å². The third kappa shape index (κ3) is 4.40. The van der Waals surface area contributed by atoms with E-state index in [1.807, 2.05) is 54.6 Å². The first-order valence-electron chi connectivity index (χ1n) is 11.8. The monoisotopic (exact) mass is 431 g/mol. The molecule has 4 rings (SSSR count). The van der Waals surface area contributed by atoms with E-state index in [2.05, 4.69) is 6.92 Å². The predicted octanol–water partition coefficient (Wildman–Crippen LogP) is 4.72. The number of rotatable bonds is 9. The number of hydrogen-bond donors (Lipinski definition) is 1. The van der Waals surface area contributed by atoms with Crippen LogP contribution < -0.4 is 10.6 Å². The molecule has 1 amide bonds. The van der Waals surface area contributed by atoms with Crippen molar-refractivity contribution in [2.24, 2.45) is 22.6 Å². The minimum Gasteiger partial charge on any atom is -0.311 e. The maximum absolute atomic E-state index is 13.9. The summed E-state index contributed by atoms with van der Waals surface area (Å²) in [7, 11) is 1.69. The summed E-state index contributed by atoms with van der Waals surface area (Å²) in [5.74, 6) is -0.364. The van der Waals surface area contributed by atoms with Crippen LogP contribution in [0.15, 0.2) is 59.6 Å². The number of Topliss-reactive ketones (excluding diaryl/α,β-unsaturated/α-hetero) is 1. The fraction of sp³-hybridized carbons (Fsp3) is 0.444. The fourth-order valence-corrected chi connectivity index (χ4v) is 4.66. The minimum atomic E-state index is -1.93. The molecule has 1 heterocycles. The van der Waals surface area contributed by atoms with Crippen molar-refractivity contribution in [2.45, 2.75) is 57.5 Å². The lowest BCUT2D eigenvalue weighted by Gasteiger charge is -2.30. The first kappa shape index (κ1) is 22.4. The molecule has 32 heavy (non-hydrogen) atoms. The van der Waals surface area contributed by atoms with Crippen LogP contribution in [0.2, 0.25) is 0 Å². The van der Waals surface area contributed by atoms with Gasteiger partial charge >= 0.3 is 0 Å². The van der Waals surface area contributed by atoms with Crippen molar-refractivity contribution in [1.82, 2.24) is 0 Å². The molecular formula is C27H33N3O2. The molecule has 2 aliphatic rings. The SMILES string of the molecule is CCCCC[C@H](CC1CC1)C(=O)[C@]1(N)N=C(c2ccccc2)c2ccccc2N(C)C1=O. The topological polar surface area (TPSA) is 75.8 Å². The molecule has 2 aromatic rings. The lowest BCUT2D eigenvalue weighted by molar-refractivity contribution is -0.136. The van der Waals surface area contributed by atoms with Crippen LogP contribution in [0.4, 0.5) is 5.69 Å². The van der Waals surface area contributed by atoms with Gasteiger partial charge in [0.2, 0.25) is 5.66 Å². The second kappa shape index (κ2) is 9.37. The number of hydrogen-bond acceptors (Lipinski definition) is 4. The van der Waals surface area contributed by atoms with Crippen molar-refractivity contribution in [3.8, 4) is 0 Å². The molecule has 5 nitrogen and oxygen atoms in total. The first-order chi connectivity index (χ1) is 15.5. The van der Waals surface area contributed by atoms with Crippen LogP contribution in [0.25, 0.3) is 0 Å². The highest BCUT2D eigenvalue weighted by molar-refractivity contribution is 6.25. The lowest BCUT2D eigenvalue weighted by Crippen LogP contribution is -2.60. The van der Waals surface area contributed by atoms with E-state index < -0.39 is 11.6 Å². The number of carbonyl (C=O) groups is 2. The van der Waals surface area contributed by atoms with Crippen LogP contribution in [0.1, 0.15) is 63.0 Å². The number of nitrogens with zero attached hydrogens (tertiary/aromatic N) is 2. The summed E-state index contributed by atoms with van der Waals surface area (Å²) in [6, 6.07) is 17.3. The summed E-state index contributed by atoms with van der Waals surface area (Å²) in [4.78, 5) is 33.9. The zero-order valence-corrected chi connectivity index (χ0v) is 19.1. The second-order valence-electron chi connectivity index (χ2n) is 9.21. The quantitative estimate of drug-likeness (QED) is 0.461. The average Bonchev–Trinajstić information content (AvgIpc) is 3.65. The largest absolute Gasteiger partial charge is 0.311 e. The van der Waals surface area contributed by atoms with E-state index in [9.17, 15) is 9.59 Å². The number of anilines is 1. The Kier molecular flexibility index (Phi) is 6.56. The highest BCUT2D eigenvalue weighted by Gasteiger charge is 2.49. The van der Waals surface area contributed by atoms with Gasteiger partial charge in [0.15, 0.2) is 5.78 Å². The standard InChI is InChI=1S/C27H33N3O2/c1-3-4-6-13-21(18-19-16-17-19)25(31)27(28)26(32)30(2)23-15-10-9-14-22(23)24(29-27)20-11-7-5-8-12-20/h5,7-12,14-15,19,21H,3-4,6,13,16-18,28H2,1-2H3/t21-,27+/m1/s1. The number of carbonyl (C=O) groups excluding carboxylic acids is 2. The molecule has 0 saturated heterocycles. The van der Waals surface area contributed by atoms with Gasteiger partial charge in [0, 0.05) is 24.1 Å². The Bertz CT molecular complexity index is 1010. The number of ketones is 1. The van der Waals surface area contributed by atoms with Crippen molar-refractivity contribution < 1.29 is 9.59 Å². The molecule has 5 heteroatoms. The summed E-state index contributed by atoms with van der Waals surface area (Å²) >= 11 is 0. The molecule has 2 N–H and O–H groups in total. The van der Waals surface area contributed by atoms with E-state index >= 15 is 0 Å². The van der Waals surface area contributed by atoms with Crippen molar-refractivity contribution in [1.29, 1.82) is 0 Å². The smallest absolute Gasteiger partial charge is 0.277 e. The van der Waals surface area contributed by atoms with Gasteiger partial charge in [0.1, 0.15) is 0 Å². The van der Waals surface area contributed by atoms with Crippen LogP contribution in [-0.2, 0) is 9.59 Å². The number of unbranched alkanes of at least 4 members (excludes halogenated alkanes) is 2. The Balaban J connectivity index is 1.80. The zero-order valence-electron chi connectivity index (χ0n) is 19.1. The highest BCUT2D eigenvalue weighted by atomic mass is 16.2. The molecule has 1 fully saturated rings. The van der Waals surface area contributed by atoms with Crippen molar-refractivity contribution in [3.05, 3.63) is 65.7 Å². The van der Waals surface area contributed by atoms with Gasteiger partial charge in [-0.2, -0.15) is 0 Å². The van der Waals surface area contributed by atoms with Gasteiger partial charge in [-0.05, 0) is 24.8 Å². The Morgan fingerprint density at radius 1 is 1.12 bits per heavy atom. The highest BCUT2D eigenvalue weighted by Crippen LogP contribution is 2.39. The van der Waals surface area contributed by atoms with Crippen molar-refractivity contribution >= 4 is 23.1 Å². The molecular weight excluding hydrogens is 398 g/mol. The first-order valence-corrected chi connectivity index (χ1v) is 11.8. The van der Waals surface area contributed by atoms with E-state index in [0.717, 1.165) is 56.1 Å². The Hall–Kier alpha value is -2.79. The van der Waals surface area contributed by atoms with E-state index in [1.165, 1.54) is 4.90 Å². The fourth-order valence-electron chi connectivity index (χ4n) is 4.66. The maximum atomic E-state index is 13.9. The number of fused-ring (bicyclic) bond motifs is 1. The number of likely N-dealkylation sites (N-methyl/N-ethyl adjacent to an activating group) is 1. The van der Waals surface area contributed by atoms with Gasteiger partial charge in [-0.1, -0.05) is 87.6 Å². The molecule has 168 valence electrons. The van der Waals surface area contributed by atoms with Crippen molar-refractivity contribution in [3.63, 3.8) is 0 Å². The summed E-state index contributed by atoms with van der Waals surface area (Å²) < 4.78 is 0. The summed E-state index contributed by atoms with van der Waals surface area (Å²) in [6.07, 6.45) is 7.02. The van der Waals surface area contributed by atoms with Crippen LogP contribution in [0, 0.1) is 11.8 Å². The molecule has 2 aromatic carbocycles. The maximum Gasteiger partial charge on any atom is 0.277 e. The summed E-state index contributed by atoms with van der Waals surface area (Å²) in [6.45, 7) is 2.15. The molecule has 1 saturated carbocycles. The van der Waals surface area contributed by atoms with Gasteiger partial charge in [-0.15, -0.1) is 0 Å². The van der Waals surface area contributed by atoms with Gasteiger partial charge < -0.3 is 4.90 Å². The lowest BCUT2D eigenvalue weighted by atomic mass is 9.84. The molecule has 0 bridgehead atoms. The van der Waals surface area contributed by atoms with E-state index in [0.29, 0.717) is 17.3 Å². The molecule has 2 atom stereocenters. The molecule has 1 aliphatic heterocycles. The molecule has 0 aromatic heterocycles. The van der Waals surface area contributed by atoms with Gasteiger partial charge in [0.25, 0.3) is 5.91 Å². The zero-order chi connectivity index (χ0) is 22.7. The van der Waals surface area contributed by atoms with E-state index in [1.54, 1.807) is 7.05 Å². The Morgan fingerprint density at radius 2 is 1.81 bits per heavy atom. The van der Waals surface area contributed by atoms with Crippen molar-refractivity contribution in [2.75, 3.05) is 11.9 Å². The second-order valence-corrected chi connectivity index (χ2v) is 9.21. The number of benzodiazepines with no additional fused rings is 1. The van der Waals surface area contributed by atoms with Crippen LogP contribution in [0.5, 0.6) is 0 Å². The Morgan fingerprint density at radius 3 is 2.50 bits per heavy atom. The van der Waals surface area contributed by atoms with E-state index in [-0.39, 0.29) is 11.7 Å². The van der Waals surface area contributed by atoms with Gasteiger partial charge in [-0.3, -0.25) is 15.3 Å². The average molecular weight is 432 g/mol. The number of para-hydroxylation sites is 1. The van der Waals surface area contributed by atoms with Crippen LogP contribution >= 0.6 is 0 Å². The summed E-state index contributed by atoms with van der Waals surface area (Å²) in [5, 5.41) is 0. The number of nitrogens with two attached hydrogens (primary N) is 1. The molecule has 1 aliphatic carbocycles. The molecule has 0 spiro atoms.